The maximum atomic E-state index is 13.4. The van der Waals surface area contributed by atoms with Crippen molar-refractivity contribution in [3.63, 3.8) is 0 Å². The van der Waals surface area contributed by atoms with E-state index in [9.17, 15) is 9.59 Å². The quantitative estimate of drug-likeness (QED) is 0.431. The average Bonchev–Trinajstić information content (AvgIpc) is 3.38. The summed E-state index contributed by atoms with van der Waals surface area (Å²) in [6.07, 6.45) is 8.35. The van der Waals surface area contributed by atoms with Gasteiger partial charge < -0.3 is 5.32 Å². The van der Waals surface area contributed by atoms with Crippen LogP contribution in [-0.2, 0) is 9.59 Å². The summed E-state index contributed by atoms with van der Waals surface area (Å²) in [4.78, 5) is 32.5. The summed E-state index contributed by atoms with van der Waals surface area (Å²) in [6, 6.07) is 13.8. The zero-order valence-corrected chi connectivity index (χ0v) is 21.8. The molecule has 1 aromatic heterocycles. The Morgan fingerprint density at radius 1 is 1.00 bits per heavy atom. The van der Waals surface area contributed by atoms with Crippen molar-refractivity contribution in [1.29, 1.82) is 0 Å². The normalized spacial score (nSPS) is 32.1. The van der Waals surface area contributed by atoms with Crippen LogP contribution in [0.15, 0.2) is 42.5 Å². The van der Waals surface area contributed by atoms with Gasteiger partial charge in [0.2, 0.25) is 5.91 Å². The second-order valence-corrected chi connectivity index (χ2v) is 13.1. The van der Waals surface area contributed by atoms with Crippen LogP contribution in [0.5, 0.6) is 0 Å². The first kappa shape index (κ1) is 22.6. The summed E-state index contributed by atoms with van der Waals surface area (Å²) in [5, 5.41) is 4.60. The molecule has 1 N–H and O–H groups in total. The van der Waals surface area contributed by atoms with Gasteiger partial charge in [-0.05, 0) is 118 Å². The Morgan fingerprint density at radius 3 is 2.33 bits per heavy atom. The van der Waals surface area contributed by atoms with Crippen LogP contribution >= 0.6 is 11.3 Å². The number of nitrogens with zero attached hydrogens (tertiary/aromatic N) is 2. The monoisotopic (exact) mass is 499 g/mol. The number of aryl methyl sites for hydroxylation is 1. The maximum Gasteiger partial charge on any atom is 0.251 e. The Morgan fingerprint density at radius 2 is 1.67 bits per heavy atom. The number of imide groups is 1. The molecule has 186 valence electrons. The van der Waals surface area contributed by atoms with Crippen molar-refractivity contribution in [3.05, 3.63) is 48.0 Å². The molecule has 1 saturated heterocycles. The fourth-order valence-corrected chi connectivity index (χ4v) is 9.20. The average molecular weight is 500 g/mol. The predicted octanol–water partition coefficient (Wildman–Crippen LogP) is 6.10. The Hall–Kier alpha value is -2.57. The molecule has 0 radical (unpaired) electrons. The smallest absolute Gasteiger partial charge is 0.251 e. The Balaban J connectivity index is 1.07. The lowest BCUT2D eigenvalue weighted by atomic mass is 9.48. The molecular formula is C30H33N3O2S. The molecule has 36 heavy (non-hydrogen) atoms. The van der Waals surface area contributed by atoms with Crippen molar-refractivity contribution in [2.45, 2.75) is 70.9 Å². The number of amides is 2. The number of thiazole rings is 1. The van der Waals surface area contributed by atoms with Crippen molar-refractivity contribution >= 4 is 39.1 Å². The lowest BCUT2D eigenvalue weighted by Crippen LogP contribution is -2.57. The molecule has 4 aliphatic carbocycles. The highest BCUT2D eigenvalue weighted by Gasteiger charge is 2.54. The largest absolute Gasteiger partial charge is 0.302 e. The zero-order chi connectivity index (χ0) is 24.6. The van der Waals surface area contributed by atoms with Gasteiger partial charge in [-0.3, -0.25) is 9.59 Å². The molecule has 8 rings (SSSR count). The van der Waals surface area contributed by atoms with E-state index in [-0.39, 0.29) is 24.3 Å². The lowest BCUT2D eigenvalue weighted by Gasteiger charge is -2.59. The van der Waals surface area contributed by atoms with Gasteiger partial charge in [0.1, 0.15) is 5.01 Å². The number of carbonyl (C=O) groups is 2. The number of anilines is 1. The number of carbonyl (C=O) groups excluding carboxylic acids is 2. The van der Waals surface area contributed by atoms with Gasteiger partial charge in [0.25, 0.3) is 5.91 Å². The van der Waals surface area contributed by atoms with Gasteiger partial charge in [0.15, 0.2) is 0 Å². The fraction of sp³-hybridized carbons (Fsp3) is 0.500. The van der Waals surface area contributed by atoms with E-state index in [1.165, 1.54) is 53.7 Å². The molecule has 5 nitrogen and oxygen atoms in total. The second-order valence-electron chi connectivity index (χ2n) is 12.0. The van der Waals surface area contributed by atoms with E-state index in [4.69, 9.17) is 4.98 Å². The number of rotatable bonds is 5. The summed E-state index contributed by atoms with van der Waals surface area (Å²) >= 11 is 1.67. The van der Waals surface area contributed by atoms with Crippen LogP contribution in [0.4, 0.5) is 5.69 Å². The highest BCUT2D eigenvalue weighted by atomic mass is 32.1. The molecule has 2 amide bonds. The number of benzene rings is 2. The van der Waals surface area contributed by atoms with E-state index >= 15 is 0 Å². The van der Waals surface area contributed by atoms with Gasteiger partial charge in [0, 0.05) is 11.6 Å². The summed E-state index contributed by atoms with van der Waals surface area (Å²) in [5.41, 5.74) is 4.18. The highest BCUT2D eigenvalue weighted by Crippen LogP contribution is 2.61. The number of nitrogens with one attached hydrogen (secondary N) is 1. The number of aromatic nitrogens is 1. The van der Waals surface area contributed by atoms with Crippen molar-refractivity contribution in [1.82, 2.24) is 10.3 Å². The van der Waals surface area contributed by atoms with E-state index in [0.29, 0.717) is 11.1 Å². The highest BCUT2D eigenvalue weighted by molar-refractivity contribution is 7.21. The van der Waals surface area contributed by atoms with E-state index in [0.717, 1.165) is 33.8 Å². The summed E-state index contributed by atoms with van der Waals surface area (Å²) in [5.74, 6) is 2.39. The van der Waals surface area contributed by atoms with Crippen LogP contribution in [0, 0.1) is 30.1 Å². The first-order chi connectivity index (χ1) is 17.4. The topological polar surface area (TPSA) is 62.3 Å². The van der Waals surface area contributed by atoms with Crippen LogP contribution in [0.25, 0.3) is 20.8 Å². The van der Waals surface area contributed by atoms with Gasteiger partial charge in [-0.25, -0.2) is 9.88 Å². The lowest BCUT2D eigenvalue weighted by molar-refractivity contribution is -0.122. The van der Waals surface area contributed by atoms with Crippen LogP contribution < -0.4 is 10.2 Å². The van der Waals surface area contributed by atoms with Crippen molar-refractivity contribution in [2.75, 3.05) is 4.90 Å². The first-order valence-electron chi connectivity index (χ1n) is 13.5. The summed E-state index contributed by atoms with van der Waals surface area (Å²) in [7, 11) is 0. The molecule has 0 unspecified atom stereocenters. The maximum absolute atomic E-state index is 13.4. The molecule has 5 aliphatic rings. The third kappa shape index (κ3) is 3.64. The standard InChI is InChI=1S/C30H33N3O2S/c1-17-3-8-24-26(9-17)36-28(32-24)22-4-6-23(7-5-22)33-27(34)13-25(29(33)35)31-18(2)30-14-19-10-20(15-30)12-21(11-19)16-30/h3-9,18-21,25,31H,10-16H2,1-2H3/t18-,19?,20?,21?,25-,30?/m1/s1. The van der Waals surface area contributed by atoms with Crippen molar-refractivity contribution in [2.24, 2.45) is 23.2 Å². The SMILES string of the molecule is Cc1ccc2nc(-c3ccc(N4C(=O)C[C@@H](N[C@H](C)C56CC7CC(CC(C7)C5)C6)C4=O)cc3)sc2c1. The minimum absolute atomic E-state index is 0.111. The van der Waals surface area contributed by atoms with Crippen molar-refractivity contribution in [3.8, 4) is 10.6 Å². The van der Waals surface area contributed by atoms with E-state index in [1.807, 2.05) is 24.3 Å². The van der Waals surface area contributed by atoms with Crippen LogP contribution in [0.1, 0.15) is 57.4 Å². The first-order valence-corrected chi connectivity index (χ1v) is 14.3. The van der Waals surface area contributed by atoms with E-state index < -0.39 is 6.04 Å². The zero-order valence-electron chi connectivity index (χ0n) is 21.0. The number of hydrogen-bond donors (Lipinski definition) is 1. The minimum Gasteiger partial charge on any atom is -0.302 e. The van der Waals surface area contributed by atoms with Gasteiger partial charge in [0.05, 0.1) is 28.4 Å². The third-order valence-electron chi connectivity index (χ3n) is 9.52. The number of fused-ring (bicyclic) bond motifs is 1. The molecule has 5 fully saturated rings. The minimum atomic E-state index is -0.423. The molecule has 6 heteroatoms. The molecule has 2 atom stereocenters. The number of hydrogen-bond acceptors (Lipinski definition) is 5. The fourth-order valence-electron chi connectivity index (χ4n) is 8.13. The Labute approximate surface area is 216 Å². The van der Waals surface area contributed by atoms with Crippen LogP contribution in [0.2, 0.25) is 0 Å². The van der Waals surface area contributed by atoms with Gasteiger partial charge in [-0.15, -0.1) is 11.3 Å². The van der Waals surface area contributed by atoms with Gasteiger partial charge >= 0.3 is 0 Å². The Kier molecular flexibility index (Phi) is 5.16. The van der Waals surface area contributed by atoms with E-state index in [2.05, 4.69) is 37.4 Å². The molecule has 3 aromatic rings. The van der Waals surface area contributed by atoms with Gasteiger partial charge in [-0.1, -0.05) is 6.07 Å². The van der Waals surface area contributed by atoms with E-state index in [1.54, 1.807) is 11.3 Å². The molecule has 0 spiro atoms. The second kappa shape index (κ2) is 8.22. The summed E-state index contributed by atoms with van der Waals surface area (Å²) in [6.45, 7) is 4.35. The summed E-state index contributed by atoms with van der Waals surface area (Å²) < 4.78 is 1.17. The Bertz CT molecular complexity index is 1320. The van der Waals surface area contributed by atoms with Crippen LogP contribution in [-0.4, -0.2) is 28.9 Å². The molecule has 4 saturated carbocycles. The molecule has 2 aromatic carbocycles. The third-order valence-corrected chi connectivity index (χ3v) is 10.6. The molecular weight excluding hydrogens is 466 g/mol. The molecule has 4 bridgehead atoms. The van der Waals surface area contributed by atoms with Gasteiger partial charge in [-0.2, -0.15) is 0 Å². The van der Waals surface area contributed by atoms with Crippen molar-refractivity contribution < 1.29 is 9.59 Å². The predicted molar refractivity (Wildman–Crippen MR) is 144 cm³/mol. The molecule has 1 aliphatic heterocycles. The van der Waals surface area contributed by atoms with Crippen LogP contribution in [0.3, 0.4) is 0 Å². The molecule has 2 heterocycles.